The van der Waals surface area contributed by atoms with Crippen LogP contribution in [-0.4, -0.2) is 31.3 Å². The van der Waals surface area contributed by atoms with Gasteiger partial charge in [-0.05, 0) is 48.2 Å². The molecule has 0 aliphatic carbocycles. The Morgan fingerprint density at radius 1 is 0.833 bits per heavy atom. The maximum absolute atomic E-state index is 13.2. The van der Waals surface area contributed by atoms with E-state index >= 15 is 0 Å². The van der Waals surface area contributed by atoms with Gasteiger partial charge in [-0.3, -0.25) is 9.59 Å². The van der Waals surface area contributed by atoms with Gasteiger partial charge in [-0.1, -0.05) is 55.5 Å². The van der Waals surface area contributed by atoms with Gasteiger partial charge in [-0.2, -0.15) is 0 Å². The van der Waals surface area contributed by atoms with Crippen molar-refractivity contribution in [2.75, 3.05) is 24.9 Å². The molecule has 1 atom stereocenters. The van der Waals surface area contributed by atoms with E-state index in [1.54, 1.807) is 24.3 Å². The number of nitrogens with one attached hydrogen (secondary N) is 2. The quantitative estimate of drug-likeness (QED) is 0.253. The van der Waals surface area contributed by atoms with Gasteiger partial charge >= 0.3 is 0 Å². The van der Waals surface area contributed by atoms with E-state index in [-0.39, 0.29) is 17.1 Å². The molecule has 0 aromatic heterocycles. The van der Waals surface area contributed by atoms with E-state index in [0.29, 0.717) is 29.2 Å². The molecule has 0 saturated heterocycles. The third-order valence-corrected chi connectivity index (χ3v) is 7.09. The molecule has 0 aliphatic rings. The van der Waals surface area contributed by atoms with Crippen LogP contribution in [0.15, 0.2) is 89.8 Å². The number of carbonyl (C=O) groups is 2. The zero-order valence-electron chi connectivity index (χ0n) is 20.4. The number of anilines is 2. The Balaban J connectivity index is 1.49. The van der Waals surface area contributed by atoms with Gasteiger partial charge < -0.3 is 20.1 Å². The Bertz CT molecular complexity index is 1360. The molecule has 0 fully saturated rings. The average Bonchev–Trinajstić information content (AvgIpc) is 2.91. The van der Waals surface area contributed by atoms with E-state index in [1.165, 1.54) is 26.0 Å². The monoisotopic (exact) mass is 500 g/mol. The molecular formula is C29H28N2O4S. The maximum Gasteiger partial charge on any atom is 0.263 e. The maximum atomic E-state index is 13.2. The first-order chi connectivity index (χ1) is 17.5. The second kappa shape index (κ2) is 11.6. The molecule has 0 radical (unpaired) electrons. The van der Waals surface area contributed by atoms with Crippen LogP contribution >= 0.6 is 11.8 Å². The average molecular weight is 501 g/mol. The van der Waals surface area contributed by atoms with Gasteiger partial charge in [0.15, 0.2) is 0 Å². The molecule has 0 heterocycles. The summed E-state index contributed by atoms with van der Waals surface area (Å²) in [6, 6.07) is 26.5. The van der Waals surface area contributed by atoms with Crippen molar-refractivity contribution >= 4 is 45.7 Å². The molecule has 4 aromatic rings. The van der Waals surface area contributed by atoms with E-state index in [2.05, 4.69) is 10.6 Å². The summed E-state index contributed by atoms with van der Waals surface area (Å²) >= 11 is 1.46. The van der Waals surface area contributed by atoms with Crippen molar-refractivity contribution in [2.24, 2.45) is 0 Å². The highest BCUT2D eigenvalue weighted by Gasteiger charge is 2.21. The summed E-state index contributed by atoms with van der Waals surface area (Å²) in [6.45, 7) is 1.99. The van der Waals surface area contributed by atoms with E-state index in [1.807, 2.05) is 67.6 Å². The summed E-state index contributed by atoms with van der Waals surface area (Å²) in [5.41, 5.74) is 1.73. The van der Waals surface area contributed by atoms with Crippen LogP contribution in [0.3, 0.4) is 0 Å². The Morgan fingerprint density at radius 3 is 2.22 bits per heavy atom. The van der Waals surface area contributed by atoms with Crippen molar-refractivity contribution in [3.63, 3.8) is 0 Å². The summed E-state index contributed by atoms with van der Waals surface area (Å²) in [6.07, 6.45) is 0.649. The standard InChI is InChI=1S/C29H28N2O4S/c1-4-26(28(32)31-23-15-7-11-19-10-5-6-14-22(19)23)36-21-13-8-12-20(18-21)30-29(33)27-24(34-2)16-9-17-25(27)35-3/h5-18,26H,4H2,1-3H3,(H,30,33)(H,31,32). The van der Waals surface area contributed by atoms with Crippen molar-refractivity contribution in [2.45, 2.75) is 23.5 Å². The molecule has 1 unspecified atom stereocenters. The van der Waals surface area contributed by atoms with Crippen LogP contribution in [0.2, 0.25) is 0 Å². The Hall–Kier alpha value is -3.97. The minimum atomic E-state index is -0.341. The third kappa shape index (κ3) is 5.63. The summed E-state index contributed by atoms with van der Waals surface area (Å²) in [5, 5.41) is 7.79. The summed E-state index contributed by atoms with van der Waals surface area (Å²) in [4.78, 5) is 27.1. The number of carbonyl (C=O) groups excluding carboxylic acids is 2. The van der Waals surface area contributed by atoms with Gasteiger partial charge in [0, 0.05) is 21.7 Å². The molecule has 0 spiro atoms. The lowest BCUT2D eigenvalue weighted by atomic mass is 10.1. The van der Waals surface area contributed by atoms with Crippen molar-refractivity contribution in [3.8, 4) is 11.5 Å². The van der Waals surface area contributed by atoms with Crippen molar-refractivity contribution in [1.82, 2.24) is 0 Å². The van der Waals surface area contributed by atoms with E-state index in [4.69, 9.17) is 9.47 Å². The minimum Gasteiger partial charge on any atom is -0.496 e. The lowest BCUT2D eigenvalue weighted by Gasteiger charge is -2.17. The largest absolute Gasteiger partial charge is 0.496 e. The molecule has 4 aromatic carbocycles. The molecule has 2 amide bonds. The minimum absolute atomic E-state index is 0.0629. The zero-order valence-corrected chi connectivity index (χ0v) is 21.2. The molecule has 7 heteroatoms. The van der Waals surface area contributed by atoms with Gasteiger partial charge in [0.2, 0.25) is 5.91 Å². The van der Waals surface area contributed by atoms with Crippen LogP contribution in [-0.2, 0) is 4.79 Å². The number of thioether (sulfide) groups is 1. The normalized spacial score (nSPS) is 11.5. The van der Waals surface area contributed by atoms with E-state index in [0.717, 1.165) is 21.4 Å². The van der Waals surface area contributed by atoms with Crippen LogP contribution in [0.4, 0.5) is 11.4 Å². The molecule has 0 bridgehead atoms. The van der Waals surface area contributed by atoms with Gasteiger partial charge in [0.1, 0.15) is 17.1 Å². The number of fused-ring (bicyclic) bond motifs is 1. The highest BCUT2D eigenvalue weighted by molar-refractivity contribution is 8.00. The fourth-order valence-electron chi connectivity index (χ4n) is 3.95. The number of methoxy groups -OCH3 is 2. The molecule has 2 N–H and O–H groups in total. The molecule has 184 valence electrons. The van der Waals surface area contributed by atoms with Gasteiger partial charge in [-0.25, -0.2) is 0 Å². The third-order valence-electron chi connectivity index (χ3n) is 5.74. The van der Waals surface area contributed by atoms with Crippen molar-refractivity contribution in [3.05, 3.63) is 90.5 Å². The smallest absolute Gasteiger partial charge is 0.263 e. The van der Waals surface area contributed by atoms with Crippen LogP contribution in [0.25, 0.3) is 10.8 Å². The first kappa shape index (κ1) is 25.1. The van der Waals surface area contributed by atoms with Crippen LogP contribution in [0.1, 0.15) is 23.7 Å². The SMILES string of the molecule is CCC(Sc1cccc(NC(=O)c2c(OC)cccc2OC)c1)C(=O)Nc1cccc2ccccc12. The lowest BCUT2D eigenvalue weighted by Crippen LogP contribution is -2.24. The first-order valence-electron chi connectivity index (χ1n) is 11.6. The van der Waals surface area contributed by atoms with Gasteiger partial charge in [0.05, 0.1) is 19.5 Å². The van der Waals surface area contributed by atoms with Crippen LogP contribution in [0, 0.1) is 0 Å². The lowest BCUT2D eigenvalue weighted by molar-refractivity contribution is -0.115. The second-order valence-corrected chi connectivity index (χ2v) is 9.33. The molecule has 36 heavy (non-hydrogen) atoms. The topological polar surface area (TPSA) is 76.7 Å². The summed E-state index contributed by atoms with van der Waals surface area (Å²) < 4.78 is 10.7. The Morgan fingerprint density at radius 2 is 1.50 bits per heavy atom. The number of benzene rings is 4. The highest BCUT2D eigenvalue weighted by atomic mass is 32.2. The summed E-state index contributed by atoms with van der Waals surface area (Å²) in [5.74, 6) is 0.446. The fraction of sp³-hybridized carbons (Fsp3) is 0.172. The number of hydrogen-bond acceptors (Lipinski definition) is 5. The number of hydrogen-bond donors (Lipinski definition) is 2. The molecule has 0 saturated carbocycles. The number of ether oxygens (including phenoxy) is 2. The Labute approximate surface area is 215 Å². The van der Waals surface area contributed by atoms with Crippen LogP contribution in [0.5, 0.6) is 11.5 Å². The predicted octanol–water partition coefficient (Wildman–Crippen LogP) is 6.62. The molecule has 6 nitrogen and oxygen atoms in total. The van der Waals surface area contributed by atoms with Gasteiger partial charge in [0.25, 0.3) is 5.91 Å². The highest BCUT2D eigenvalue weighted by Crippen LogP contribution is 2.32. The van der Waals surface area contributed by atoms with E-state index in [9.17, 15) is 9.59 Å². The molecule has 4 rings (SSSR count). The predicted molar refractivity (Wildman–Crippen MR) is 146 cm³/mol. The molecular weight excluding hydrogens is 472 g/mol. The van der Waals surface area contributed by atoms with Crippen molar-refractivity contribution in [1.29, 1.82) is 0 Å². The number of rotatable bonds is 9. The molecule has 0 aliphatic heterocycles. The summed E-state index contributed by atoms with van der Waals surface area (Å²) in [7, 11) is 3.02. The van der Waals surface area contributed by atoms with Crippen LogP contribution < -0.4 is 20.1 Å². The second-order valence-electron chi connectivity index (χ2n) is 8.05. The van der Waals surface area contributed by atoms with E-state index < -0.39 is 0 Å². The Kier molecular flexibility index (Phi) is 8.13. The first-order valence-corrected chi connectivity index (χ1v) is 12.5. The fourth-order valence-corrected chi connectivity index (χ4v) is 4.96. The zero-order chi connectivity index (χ0) is 25.5. The van der Waals surface area contributed by atoms with Crippen molar-refractivity contribution < 1.29 is 19.1 Å². The number of amides is 2. The van der Waals surface area contributed by atoms with Gasteiger partial charge in [-0.15, -0.1) is 11.8 Å².